The Hall–Kier alpha value is -0.130. The molecule has 0 heterocycles. The molecule has 0 aliphatic rings. The summed E-state index contributed by atoms with van der Waals surface area (Å²) in [7, 11) is -3.89. The van der Waals surface area contributed by atoms with Crippen LogP contribution >= 0.6 is 0 Å². The van der Waals surface area contributed by atoms with E-state index in [1.807, 2.05) is 0 Å². The minimum atomic E-state index is -3.89. The molecule has 17 heavy (non-hydrogen) atoms. The molecule has 104 valence electrons. The average molecular weight is 266 g/mol. The Kier molecular flexibility index (Phi) is 9.78. The molecule has 0 aromatic carbocycles. The summed E-state index contributed by atoms with van der Waals surface area (Å²) in [6.45, 7) is 2.26. The highest BCUT2D eigenvalue weighted by molar-refractivity contribution is 7.86. The van der Waals surface area contributed by atoms with E-state index in [4.69, 9.17) is 9.66 Å². The van der Waals surface area contributed by atoms with Crippen LogP contribution in [0.5, 0.6) is 0 Å². The second-order valence-corrected chi connectivity index (χ2v) is 6.26. The Morgan fingerprint density at radius 1 is 0.941 bits per heavy atom. The predicted octanol–water partition coefficient (Wildman–Crippen LogP) is 2.77. The van der Waals surface area contributed by atoms with E-state index in [2.05, 4.69) is 6.92 Å². The number of unbranched alkanes of at least 4 members (excludes halogenated alkanes) is 5. The Morgan fingerprint density at radius 3 is 1.94 bits per heavy atom. The zero-order valence-electron chi connectivity index (χ0n) is 10.8. The van der Waals surface area contributed by atoms with Gasteiger partial charge >= 0.3 is 0 Å². The molecule has 1 unspecified atom stereocenters. The summed E-state index contributed by atoms with van der Waals surface area (Å²) in [6.07, 6.45) is 7.43. The van der Waals surface area contributed by atoms with Crippen molar-refractivity contribution in [3.05, 3.63) is 0 Å². The Labute approximate surface area is 105 Å². The summed E-state index contributed by atoms with van der Waals surface area (Å²) in [5.41, 5.74) is 0. The number of hydrogen-bond donors (Lipinski definition) is 2. The van der Waals surface area contributed by atoms with Crippen LogP contribution in [-0.4, -0.2) is 29.9 Å². The molecule has 5 heteroatoms. The van der Waals surface area contributed by atoms with Crippen molar-refractivity contribution in [3.8, 4) is 0 Å². The maximum atomic E-state index is 11.2. The van der Waals surface area contributed by atoms with E-state index in [1.54, 1.807) is 0 Å². The zero-order valence-corrected chi connectivity index (χ0v) is 11.6. The van der Waals surface area contributed by atoms with E-state index in [0.29, 0.717) is 12.8 Å². The molecule has 0 fully saturated rings. The summed E-state index contributed by atoms with van der Waals surface area (Å²) in [5, 5.41) is 8.02. The fraction of sp³-hybridized carbons (Fsp3) is 1.00. The van der Waals surface area contributed by atoms with Crippen LogP contribution in [-0.2, 0) is 10.1 Å². The molecule has 0 bridgehead atoms. The molecule has 0 aliphatic carbocycles. The predicted molar refractivity (Wildman–Crippen MR) is 69.6 cm³/mol. The van der Waals surface area contributed by atoms with Gasteiger partial charge in [0.15, 0.2) is 0 Å². The molecular formula is C12H26O4S. The van der Waals surface area contributed by atoms with Gasteiger partial charge in [-0.3, -0.25) is 4.55 Å². The first kappa shape index (κ1) is 16.9. The van der Waals surface area contributed by atoms with Crippen molar-refractivity contribution in [2.45, 2.75) is 70.0 Å². The van der Waals surface area contributed by atoms with Crippen LogP contribution < -0.4 is 0 Å². The van der Waals surface area contributed by atoms with Crippen molar-refractivity contribution in [3.63, 3.8) is 0 Å². The molecular weight excluding hydrogens is 240 g/mol. The normalized spacial score (nSPS) is 13.8. The van der Waals surface area contributed by atoms with Gasteiger partial charge in [0, 0.05) is 6.61 Å². The Bertz CT molecular complexity index is 262. The molecule has 4 nitrogen and oxygen atoms in total. The van der Waals surface area contributed by atoms with Crippen molar-refractivity contribution in [1.29, 1.82) is 0 Å². The van der Waals surface area contributed by atoms with Gasteiger partial charge in [-0.2, -0.15) is 8.42 Å². The fourth-order valence-electron chi connectivity index (χ4n) is 1.90. The van der Waals surface area contributed by atoms with Gasteiger partial charge in [-0.1, -0.05) is 45.4 Å². The zero-order chi connectivity index (χ0) is 13.1. The van der Waals surface area contributed by atoms with Crippen molar-refractivity contribution in [2.24, 2.45) is 0 Å². The lowest BCUT2D eigenvalue weighted by Crippen LogP contribution is -2.20. The summed E-state index contributed by atoms with van der Waals surface area (Å²) in [5.74, 6) is 0. The molecule has 0 saturated heterocycles. The summed E-state index contributed by atoms with van der Waals surface area (Å²) < 4.78 is 31.4. The van der Waals surface area contributed by atoms with Crippen LogP contribution in [0.15, 0.2) is 0 Å². The molecule has 0 amide bonds. The van der Waals surface area contributed by atoms with Gasteiger partial charge in [-0.25, -0.2) is 0 Å². The van der Waals surface area contributed by atoms with Gasteiger partial charge in [0.2, 0.25) is 0 Å². The monoisotopic (exact) mass is 266 g/mol. The lowest BCUT2D eigenvalue weighted by Gasteiger charge is -2.13. The first-order valence-electron chi connectivity index (χ1n) is 6.59. The van der Waals surface area contributed by atoms with Gasteiger partial charge in [0.1, 0.15) is 0 Å². The largest absolute Gasteiger partial charge is 0.396 e. The first-order valence-corrected chi connectivity index (χ1v) is 8.09. The molecule has 0 aliphatic heterocycles. The van der Waals surface area contributed by atoms with Crippen LogP contribution in [0.4, 0.5) is 0 Å². The molecule has 0 aromatic rings. The Balaban J connectivity index is 3.87. The minimum Gasteiger partial charge on any atom is -0.396 e. The smallest absolute Gasteiger partial charge is 0.267 e. The Morgan fingerprint density at radius 2 is 1.47 bits per heavy atom. The molecule has 0 saturated carbocycles. The SMILES string of the molecule is CCCCCC(CCCCCCO)S(=O)(=O)O. The van der Waals surface area contributed by atoms with Crippen LogP contribution in [0, 0.1) is 0 Å². The van der Waals surface area contributed by atoms with Crippen LogP contribution in [0.1, 0.15) is 64.7 Å². The number of hydrogen-bond acceptors (Lipinski definition) is 3. The van der Waals surface area contributed by atoms with E-state index in [-0.39, 0.29) is 6.61 Å². The molecule has 0 radical (unpaired) electrons. The molecule has 0 aromatic heterocycles. The lowest BCUT2D eigenvalue weighted by molar-refractivity contribution is 0.282. The van der Waals surface area contributed by atoms with Crippen molar-refractivity contribution >= 4 is 10.1 Å². The summed E-state index contributed by atoms with van der Waals surface area (Å²) in [4.78, 5) is 0. The molecule has 0 rings (SSSR count). The lowest BCUT2D eigenvalue weighted by atomic mass is 10.1. The maximum Gasteiger partial charge on any atom is 0.267 e. The van der Waals surface area contributed by atoms with Crippen molar-refractivity contribution in [1.82, 2.24) is 0 Å². The maximum absolute atomic E-state index is 11.2. The van der Waals surface area contributed by atoms with Gasteiger partial charge in [0.05, 0.1) is 5.25 Å². The summed E-state index contributed by atoms with van der Waals surface area (Å²) in [6, 6.07) is 0. The standard InChI is InChI=1S/C12H26O4S/c1-2-3-6-9-12(17(14,15)16)10-7-4-5-8-11-13/h12-13H,2-11H2,1H3,(H,14,15,16). The highest BCUT2D eigenvalue weighted by atomic mass is 32.2. The number of aliphatic hydroxyl groups is 1. The van der Waals surface area contributed by atoms with Crippen LogP contribution in [0.25, 0.3) is 0 Å². The van der Waals surface area contributed by atoms with Gasteiger partial charge < -0.3 is 5.11 Å². The quantitative estimate of drug-likeness (QED) is 0.445. The highest BCUT2D eigenvalue weighted by Crippen LogP contribution is 2.17. The van der Waals surface area contributed by atoms with Crippen molar-refractivity contribution < 1.29 is 18.1 Å². The third kappa shape index (κ3) is 9.56. The van der Waals surface area contributed by atoms with Gasteiger partial charge in [-0.05, 0) is 19.3 Å². The summed E-state index contributed by atoms with van der Waals surface area (Å²) >= 11 is 0. The molecule has 0 spiro atoms. The minimum absolute atomic E-state index is 0.193. The third-order valence-electron chi connectivity index (χ3n) is 2.99. The second-order valence-electron chi connectivity index (χ2n) is 4.56. The topological polar surface area (TPSA) is 74.6 Å². The van der Waals surface area contributed by atoms with E-state index < -0.39 is 15.4 Å². The molecule has 1 atom stereocenters. The van der Waals surface area contributed by atoms with E-state index >= 15 is 0 Å². The fourth-order valence-corrected chi connectivity index (χ4v) is 2.83. The second kappa shape index (κ2) is 9.85. The average Bonchev–Trinajstić information content (AvgIpc) is 2.25. The van der Waals surface area contributed by atoms with Gasteiger partial charge in [-0.15, -0.1) is 0 Å². The molecule has 2 N–H and O–H groups in total. The van der Waals surface area contributed by atoms with Crippen LogP contribution in [0.3, 0.4) is 0 Å². The third-order valence-corrected chi connectivity index (χ3v) is 4.30. The van der Waals surface area contributed by atoms with E-state index in [9.17, 15) is 8.42 Å². The first-order chi connectivity index (χ1) is 8.02. The number of rotatable bonds is 11. The number of aliphatic hydroxyl groups excluding tert-OH is 1. The van der Waals surface area contributed by atoms with E-state index in [0.717, 1.165) is 44.9 Å². The van der Waals surface area contributed by atoms with Crippen LogP contribution in [0.2, 0.25) is 0 Å². The van der Waals surface area contributed by atoms with Crippen molar-refractivity contribution in [2.75, 3.05) is 6.61 Å². The highest BCUT2D eigenvalue weighted by Gasteiger charge is 2.21. The van der Waals surface area contributed by atoms with E-state index in [1.165, 1.54) is 0 Å². The van der Waals surface area contributed by atoms with Gasteiger partial charge in [0.25, 0.3) is 10.1 Å².